The summed E-state index contributed by atoms with van der Waals surface area (Å²) in [6.07, 6.45) is -2.72. The lowest BCUT2D eigenvalue weighted by molar-refractivity contribution is -0.0498. The molecule has 0 fully saturated rings. The zero-order valence-corrected chi connectivity index (χ0v) is 18.5. The van der Waals surface area contributed by atoms with E-state index in [4.69, 9.17) is 4.74 Å². The van der Waals surface area contributed by atoms with Crippen molar-refractivity contribution in [2.45, 2.75) is 13.0 Å². The third-order valence-corrected chi connectivity index (χ3v) is 5.13. The molecule has 184 valence electrons. The Morgan fingerprint density at radius 1 is 0.889 bits per heavy atom. The van der Waals surface area contributed by atoms with Crippen molar-refractivity contribution in [3.05, 3.63) is 65.0 Å². The molecule has 3 heterocycles. The molecular weight excluding hydrogens is 484 g/mol. The van der Waals surface area contributed by atoms with Crippen molar-refractivity contribution in [3.63, 3.8) is 0 Å². The number of nitrogens with zero attached hydrogens (tertiary/aromatic N) is 6. The Kier molecular flexibility index (Phi) is 5.96. The fourth-order valence-corrected chi connectivity index (χ4v) is 3.67. The number of rotatable bonds is 7. The molecule has 0 saturated heterocycles. The predicted octanol–water partition coefficient (Wildman–Crippen LogP) is 3.97. The Labute approximate surface area is 199 Å². The summed E-state index contributed by atoms with van der Waals surface area (Å²) in [5.41, 5.74) is 1.69. The van der Waals surface area contributed by atoms with Crippen LogP contribution in [-0.2, 0) is 7.05 Å². The van der Waals surface area contributed by atoms with Crippen molar-refractivity contribution < 1.29 is 27.0 Å². The number of fused-ring (bicyclic) bond motifs is 2. The Morgan fingerprint density at radius 3 is 2.33 bits per heavy atom. The second-order valence-electron chi connectivity index (χ2n) is 7.58. The zero-order valence-electron chi connectivity index (χ0n) is 18.5. The molecule has 3 aromatic heterocycles. The van der Waals surface area contributed by atoms with Gasteiger partial charge >= 0.3 is 6.61 Å². The molecular formula is C23H16F4N6O3. The molecule has 0 radical (unpaired) electrons. The first-order valence-electron chi connectivity index (χ1n) is 10.5. The van der Waals surface area contributed by atoms with Gasteiger partial charge in [0.15, 0.2) is 6.61 Å². The molecule has 13 heteroatoms. The van der Waals surface area contributed by atoms with Crippen LogP contribution < -0.4 is 15.0 Å². The van der Waals surface area contributed by atoms with E-state index in [1.165, 1.54) is 41.2 Å². The number of hydrogen-bond donors (Lipinski definition) is 0. The Hall–Kier alpha value is -4.55. The van der Waals surface area contributed by atoms with Gasteiger partial charge in [-0.2, -0.15) is 33.6 Å². The van der Waals surface area contributed by atoms with E-state index in [0.717, 1.165) is 4.68 Å². The average Bonchev–Trinajstić information content (AvgIpc) is 3.22. The van der Waals surface area contributed by atoms with Gasteiger partial charge in [-0.05, 0) is 42.0 Å². The van der Waals surface area contributed by atoms with Crippen LogP contribution in [0.5, 0.6) is 11.6 Å². The van der Waals surface area contributed by atoms with Crippen LogP contribution in [0.1, 0.15) is 0 Å². The SMILES string of the molecule is Cn1nc2ccc(-n3nc4ccc(OCC(F)F)nc4c(-c4ccc(OC(F)F)cc4)c3=O)cc2n1. The first-order valence-corrected chi connectivity index (χ1v) is 10.5. The van der Waals surface area contributed by atoms with Crippen molar-refractivity contribution >= 4 is 22.1 Å². The molecule has 0 atom stereocenters. The molecule has 0 aliphatic heterocycles. The van der Waals surface area contributed by atoms with Crippen molar-refractivity contribution in [1.29, 1.82) is 0 Å². The largest absolute Gasteiger partial charge is 0.472 e. The number of pyridine rings is 1. The van der Waals surface area contributed by atoms with Gasteiger partial charge in [0.05, 0.1) is 11.3 Å². The minimum atomic E-state index is -3.01. The normalized spacial score (nSPS) is 11.6. The number of hydrogen-bond acceptors (Lipinski definition) is 7. The Morgan fingerprint density at radius 2 is 1.61 bits per heavy atom. The summed E-state index contributed by atoms with van der Waals surface area (Å²) in [6, 6.07) is 13.2. The molecule has 9 nitrogen and oxygen atoms in total. The fourth-order valence-electron chi connectivity index (χ4n) is 3.67. The zero-order chi connectivity index (χ0) is 25.4. The molecule has 2 aromatic carbocycles. The van der Waals surface area contributed by atoms with Gasteiger partial charge in [0.1, 0.15) is 27.8 Å². The maximum absolute atomic E-state index is 13.7. The first-order chi connectivity index (χ1) is 17.3. The average molecular weight is 500 g/mol. The number of aromatic nitrogens is 6. The molecule has 36 heavy (non-hydrogen) atoms. The summed E-state index contributed by atoms with van der Waals surface area (Å²) in [5.74, 6) is -0.226. The van der Waals surface area contributed by atoms with E-state index in [1.54, 1.807) is 25.2 Å². The minimum absolute atomic E-state index is 0.0605. The Bertz CT molecular complexity index is 1620. The van der Waals surface area contributed by atoms with E-state index in [1.807, 2.05) is 0 Å². The molecule has 0 aliphatic carbocycles. The van der Waals surface area contributed by atoms with Crippen molar-refractivity contribution in [3.8, 4) is 28.4 Å². The van der Waals surface area contributed by atoms with Crippen molar-refractivity contribution in [2.75, 3.05) is 6.61 Å². The third kappa shape index (κ3) is 4.54. The maximum atomic E-state index is 13.7. The van der Waals surface area contributed by atoms with E-state index in [-0.39, 0.29) is 28.2 Å². The summed E-state index contributed by atoms with van der Waals surface area (Å²) in [7, 11) is 1.67. The van der Waals surface area contributed by atoms with E-state index in [9.17, 15) is 22.4 Å². The standard InChI is InChI=1S/C23H16F4N6O3/c1-32-29-15-7-4-13(10-17(15)30-32)33-22(34)20(12-2-5-14(6-3-12)36-23(26)27)21-16(31-33)8-9-19(28-21)35-11-18(24)25/h2-10,18,23H,11H2,1H3. The predicted molar refractivity (Wildman–Crippen MR) is 121 cm³/mol. The second kappa shape index (κ2) is 9.24. The van der Waals surface area contributed by atoms with E-state index in [0.29, 0.717) is 22.3 Å². The molecule has 0 saturated carbocycles. The van der Waals surface area contributed by atoms with Crippen LogP contribution in [0.2, 0.25) is 0 Å². The molecule has 5 rings (SSSR count). The van der Waals surface area contributed by atoms with E-state index < -0.39 is 25.2 Å². The molecule has 0 unspecified atom stereocenters. The number of benzene rings is 2. The highest BCUT2D eigenvalue weighted by Crippen LogP contribution is 2.28. The maximum Gasteiger partial charge on any atom is 0.387 e. The summed E-state index contributed by atoms with van der Waals surface area (Å²) in [4.78, 5) is 19.3. The van der Waals surface area contributed by atoms with Gasteiger partial charge in [0, 0.05) is 13.1 Å². The van der Waals surface area contributed by atoms with Crippen molar-refractivity contribution in [2.24, 2.45) is 7.05 Å². The monoisotopic (exact) mass is 500 g/mol. The molecule has 0 amide bonds. The van der Waals surface area contributed by atoms with Crippen LogP contribution in [0.3, 0.4) is 0 Å². The summed E-state index contributed by atoms with van der Waals surface area (Å²) in [5, 5.41) is 12.9. The summed E-state index contributed by atoms with van der Waals surface area (Å²) >= 11 is 0. The quantitative estimate of drug-likeness (QED) is 0.312. The minimum Gasteiger partial charge on any atom is -0.472 e. The molecule has 0 N–H and O–H groups in total. The lowest BCUT2D eigenvalue weighted by Gasteiger charge is -2.13. The summed E-state index contributed by atoms with van der Waals surface area (Å²) < 4.78 is 60.9. The van der Waals surface area contributed by atoms with Crippen molar-refractivity contribution in [1.82, 2.24) is 29.8 Å². The number of alkyl halides is 4. The molecule has 0 bridgehead atoms. The van der Waals surface area contributed by atoms with Crippen LogP contribution in [0, 0.1) is 0 Å². The number of aryl methyl sites for hydroxylation is 1. The van der Waals surface area contributed by atoms with Gasteiger partial charge in [0.25, 0.3) is 12.0 Å². The van der Waals surface area contributed by atoms with E-state index >= 15 is 0 Å². The molecule has 0 spiro atoms. The van der Waals surface area contributed by atoms with Gasteiger partial charge in [-0.1, -0.05) is 12.1 Å². The fraction of sp³-hybridized carbons (Fsp3) is 0.174. The highest BCUT2D eigenvalue weighted by molar-refractivity contribution is 5.91. The lowest BCUT2D eigenvalue weighted by atomic mass is 10.1. The molecule has 0 aliphatic rings. The van der Waals surface area contributed by atoms with Crippen LogP contribution >= 0.6 is 0 Å². The van der Waals surface area contributed by atoms with Gasteiger partial charge in [0.2, 0.25) is 5.88 Å². The van der Waals surface area contributed by atoms with Crippen LogP contribution in [0.15, 0.2) is 59.4 Å². The third-order valence-electron chi connectivity index (χ3n) is 5.13. The van der Waals surface area contributed by atoms with Crippen LogP contribution in [0.4, 0.5) is 17.6 Å². The smallest absolute Gasteiger partial charge is 0.387 e. The highest BCUT2D eigenvalue weighted by Gasteiger charge is 2.18. The molecule has 5 aromatic rings. The summed E-state index contributed by atoms with van der Waals surface area (Å²) in [6.45, 7) is -3.89. The second-order valence-corrected chi connectivity index (χ2v) is 7.58. The lowest BCUT2D eigenvalue weighted by Crippen LogP contribution is -2.23. The van der Waals surface area contributed by atoms with Gasteiger partial charge in [-0.15, -0.1) is 0 Å². The van der Waals surface area contributed by atoms with Gasteiger partial charge in [-0.25, -0.2) is 13.8 Å². The highest BCUT2D eigenvalue weighted by atomic mass is 19.3. The topological polar surface area (TPSA) is 97.0 Å². The number of ether oxygens (including phenoxy) is 2. The number of halogens is 4. The van der Waals surface area contributed by atoms with Crippen LogP contribution in [-0.4, -0.2) is 49.4 Å². The van der Waals surface area contributed by atoms with Gasteiger partial charge in [-0.3, -0.25) is 4.79 Å². The van der Waals surface area contributed by atoms with Crippen LogP contribution in [0.25, 0.3) is 38.9 Å². The first kappa shape index (κ1) is 23.2. The van der Waals surface area contributed by atoms with Gasteiger partial charge < -0.3 is 9.47 Å². The Balaban J connectivity index is 1.70. The van der Waals surface area contributed by atoms with E-state index in [2.05, 4.69) is 25.0 Å².